The van der Waals surface area contributed by atoms with Gasteiger partial charge in [-0.2, -0.15) is 5.26 Å². The van der Waals surface area contributed by atoms with Gasteiger partial charge in [-0.3, -0.25) is 0 Å². The molecule has 0 saturated carbocycles. The molecule has 0 unspecified atom stereocenters. The average molecular weight is 315 g/mol. The predicted octanol–water partition coefficient (Wildman–Crippen LogP) is 2.65. The summed E-state index contributed by atoms with van der Waals surface area (Å²) in [5, 5.41) is 8.84. The number of nitriles is 1. The van der Waals surface area contributed by atoms with Gasteiger partial charge in [-0.15, -0.1) is 0 Å². The van der Waals surface area contributed by atoms with Crippen LogP contribution in [0.4, 0.5) is 0 Å². The summed E-state index contributed by atoms with van der Waals surface area (Å²) in [7, 11) is 0. The molecule has 0 heterocycles. The molecule has 0 fully saturated rings. The number of halogens is 1. The van der Waals surface area contributed by atoms with Crippen LogP contribution in [0.5, 0.6) is 0 Å². The number of ether oxygens (including phenoxy) is 1. The minimum Gasteiger partial charge on any atom is -0.462 e. The minimum absolute atomic E-state index is 0.339. The van der Waals surface area contributed by atoms with Crippen molar-refractivity contribution in [1.82, 2.24) is 0 Å². The van der Waals surface area contributed by atoms with E-state index in [-0.39, 0.29) is 5.97 Å². The number of carbonyl (C=O) groups is 1. The summed E-state index contributed by atoms with van der Waals surface area (Å²) in [5.41, 5.74) is 1.80. The first-order valence-electron chi connectivity index (χ1n) is 4.47. The highest BCUT2D eigenvalue weighted by Crippen LogP contribution is 2.18. The topological polar surface area (TPSA) is 50.1 Å². The summed E-state index contributed by atoms with van der Waals surface area (Å²) in [6.07, 6.45) is 0. The van der Waals surface area contributed by atoms with Gasteiger partial charge in [0.05, 0.1) is 17.7 Å². The minimum atomic E-state index is -0.372. The molecule has 0 aliphatic heterocycles. The first-order chi connectivity index (χ1) is 7.10. The Morgan fingerprint density at radius 2 is 2.27 bits per heavy atom. The van der Waals surface area contributed by atoms with Crippen molar-refractivity contribution in [3.05, 3.63) is 32.4 Å². The second-order valence-corrected chi connectivity index (χ2v) is 4.14. The van der Waals surface area contributed by atoms with Gasteiger partial charge in [-0.05, 0) is 54.1 Å². The van der Waals surface area contributed by atoms with E-state index in [0.29, 0.717) is 17.7 Å². The van der Waals surface area contributed by atoms with Crippen LogP contribution in [0, 0.1) is 21.8 Å². The van der Waals surface area contributed by atoms with Crippen LogP contribution in [0.1, 0.15) is 28.4 Å². The summed E-state index contributed by atoms with van der Waals surface area (Å²) in [5.74, 6) is -0.372. The summed E-state index contributed by atoms with van der Waals surface area (Å²) in [6.45, 7) is 3.92. The van der Waals surface area contributed by atoms with Crippen molar-refractivity contribution < 1.29 is 9.53 Å². The van der Waals surface area contributed by atoms with E-state index in [9.17, 15) is 4.79 Å². The van der Waals surface area contributed by atoms with Crippen molar-refractivity contribution in [2.45, 2.75) is 13.8 Å². The molecule has 0 spiro atoms. The fourth-order valence-electron chi connectivity index (χ4n) is 1.19. The fourth-order valence-corrected chi connectivity index (χ4v) is 1.93. The van der Waals surface area contributed by atoms with Crippen molar-refractivity contribution in [2.24, 2.45) is 0 Å². The molecule has 0 radical (unpaired) electrons. The average Bonchev–Trinajstić information content (AvgIpc) is 2.18. The number of benzene rings is 1. The molecule has 0 amide bonds. The standard InChI is InChI=1S/C11H10INO2/c1-3-15-11(14)9-5-8(6-13)10(12)4-7(9)2/h4-5H,3H2,1-2H3. The Bertz CT molecular complexity index is 435. The molecule has 3 nitrogen and oxygen atoms in total. The van der Waals surface area contributed by atoms with Crippen LogP contribution in [-0.2, 0) is 4.74 Å². The molecule has 0 bridgehead atoms. The Hall–Kier alpha value is -1.09. The highest BCUT2D eigenvalue weighted by Gasteiger charge is 2.12. The van der Waals surface area contributed by atoms with Gasteiger partial charge in [0.2, 0.25) is 0 Å². The molecule has 0 aromatic heterocycles. The summed E-state index contributed by atoms with van der Waals surface area (Å²) in [4.78, 5) is 11.5. The molecule has 1 aromatic rings. The Kier molecular flexibility index (Phi) is 4.09. The van der Waals surface area contributed by atoms with Gasteiger partial charge in [0.25, 0.3) is 0 Å². The largest absolute Gasteiger partial charge is 0.462 e. The van der Waals surface area contributed by atoms with Crippen molar-refractivity contribution in [3.8, 4) is 6.07 Å². The lowest BCUT2D eigenvalue weighted by Crippen LogP contribution is -2.07. The summed E-state index contributed by atoms with van der Waals surface area (Å²) in [6, 6.07) is 5.43. The highest BCUT2D eigenvalue weighted by atomic mass is 127. The molecule has 0 atom stereocenters. The van der Waals surface area contributed by atoms with Gasteiger partial charge in [-0.1, -0.05) is 0 Å². The van der Waals surface area contributed by atoms with E-state index in [0.717, 1.165) is 9.13 Å². The number of rotatable bonds is 2. The molecule has 0 N–H and O–H groups in total. The second kappa shape index (κ2) is 5.12. The number of carbonyl (C=O) groups excluding carboxylic acids is 1. The number of hydrogen-bond acceptors (Lipinski definition) is 3. The molecular weight excluding hydrogens is 305 g/mol. The normalized spacial score (nSPS) is 9.47. The van der Waals surface area contributed by atoms with Gasteiger partial charge in [0.1, 0.15) is 6.07 Å². The number of esters is 1. The van der Waals surface area contributed by atoms with E-state index in [4.69, 9.17) is 10.00 Å². The number of hydrogen-bond donors (Lipinski definition) is 0. The van der Waals surface area contributed by atoms with Crippen molar-refractivity contribution in [2.75, 3.05) is 6.61 Å². The Labute approximate surface area is 102 Å². The zero-order valence-electron chi connectivity index (χ0n) is 8.50. The van der Waals surface area contributed by atoms with Gasteiger partial charge in [-0.25, -0.2) is 4.79 Å². The Morgan fingerprint density at radius 3 is 2.80 bits per heavy atom. The molecule has 0 saturated heterocycles. The first kappa shape index (κ1) is 12.0. The SMILES string of the molecule is CCOC(=O)c1cc(C#N)c(I)cc1C. The van der Waals surface area contributed by atoms with E-state index in [1.165, 1.54) is 0 Å². The summed E-state index contributed by atoms with van der Waals surface area (Å²) < 4.78 is 5.75. The van der Waals surface area contributed by atoms with E-state index in [1.54, 1.807) is 13.0 Å². The van der Waals surface area contributed by atoms with Crippen LogP contribution in [0.15, 0.2) is 12.1 Å². The lowest BCUT2D eigenvalue weighted by Gasteiger charge is -2.06. The lowest BCUT2D eigenvalue weighted by atomic mass is 10.1. The fraction of sp³-hybridized carbons (Fsp3) is 0.273. The smallest absolute Gasteiger partial charge is 0.338 e. The van der Waals surface area contributed by atoms with Crippen LogP contribution < -0.4 is 0 Å². The van der Waals surface area contributed by atoms with E-state index in [1.807, 2.05) is 19.1 Å². The van der Waals surface area contributed by atoms with Crippen LogP contribution in [0.2, 0.25) is 0 Å². The lowest BCUT2D eigenvalue weighted by molar-refractivity contribution is 0.0525. The van der Waals surface area contributed by atoms with Gasteiger partial charge in [0, 0.05) is 3.57 Å². The van der Waals surface area contributed by atoms with Crippen LogP contribution in [-0.4, -0.2) is 12.6 Å². The Morgan fingerprint density at radius 1 is 1.60 bits per heavy atom. The van der Waals surface area contributed by atoms with Crippen LogP contribution in [0.25, 0.3) is 0 Å². The quantitative estimate of drug-likeness (QED) is 0.623. The zero-order valence-corrected chi connectivity index (χ0v) is 10.7. The maximum atomic E-state index is 11.5. The molecular formula is C11H10INO2. The molecule has 15 heavy (non-hydrogen) atoms. The van der Waals surface area contributed by atoms with E-state index in [2.05, 4.69) is 22.6 Å². The third kappa shape index (κ3) is 2.69. The molecule has 0 aliphatic rings. The van der Waals surface area contributed by atoms with Gasteiger partial charge >= 0.3 is 5.97 Å². The highest BCUT2D eigenvalue weighted by molar-refractivity contribution is 14.1. The first-order valence-corrected chi connectivity index (χ1v) is 5.55. The number of aryl methyl sites for hydroxylation is 1. The van der Waals surface area contributed by atoms with Crippen molar-refractivity contribution >= 4 is 28.6 Å². The van der Waals surface area contributed by atoms with Crippen LogP contribution in [0.3, 0.4) is 0 Å². The van der Waals surface area contributed by atoms with Crippen molar-refractivity contribution in [1.29, 1.82) is 5.26 Å². The Balaban J connectivity index is 3.20. The third-order valence-corrected chi connectivity index (χ3v) is 2.82. The molecule has 1 aromatic carbocycles. The maximum Gasteiger partial charge on any atom is 0.338 e. The van der Waals surface area contributed by atoms with Gasteiger partial charge < -0.3 is 4.74 Å². The number of nitrogens with zero attached hydrogens (tertiary/aromatic N) is 1. The summed E-state index contributed by atoms with van der Waals surface area (Å²) >= 11 is 2.07. The maximum absolute atomic E-state index is 11.5. The zero-order chi connectivity index (χ0) is 11.4. The molecule has 0 aliphatic carbocycles. The van der Waals surface area contributed by atoms with E-state index >= 15 is 0 Å². The monoisotopic (exact) mass is 315 g/mol. The van der Waals surface area contributed by atoms with Gasteiger partial charge in [0.15, 0.2) is 0 Å². The predicted molar refractivity (Wildman–Crippen MR) is 64.6 cm³/mol. The van der Waals surface area contributed by atoms with Crippen LogP contribution >= 0.6 is 22.6 Å². The van der Waals surface area contributed by atoms with Crippen molar-refractivity contribution in [3.63, 3.8) is 0 Å². The molecule has 1 rings (SSSR count). The second-order valence-electron chi connectivity index (χ2n) is 2.98. The molecule has 78 valence electrons. The molecule has 4 heteroatoms. The van der Waals surface area contributed by atoms with E-state index < -0.39 is 0 Å². The third-order valence-electron chi connectivity index (χ3n) is 1.93.